The van der Waals surface area contributed by atoms with Gasteiger partial charge in [-0.3, -0.25) is 4.79 Å². The molecule has 20 heavy (non-hydrogen) atoms. The molecule has 0 saturated heterocycles. The fraction of sp³-hybridized carbons (Fsp3) is 0.588. The first kappa shape index (κ1) is 16.5. The predicted octanol–water partition coefficient (Wildman–Crippen LogP) is 4.66. The molecular weight excluding hydrogens is 248 g/mol. The number of rotatable bonds is 9. The maximum absolute atomic E-state index is 11.8. The molecule has 3 nitrogen and oxygen atoms in total. The summed E-state index contributed by atoms with van der Waals surface area (Å²) in [6.45, 7) is 4.18. The van der Waals surface area contributed by atoms with Gasteiger partial charge in [0.2, 0.25) is 5.91 Å². The van der Waals surface area contributed by atoms with E-state index in [1.54, 1.807) is 0 Å². The summed E-state index contributed by atoms with van der Waals surface area (Å²) in [6, 6.07) is 5.56. The van der Waals surface area contributed by atoms with Gasteiger partial charge in [0.1, 0.15) is 0 Å². The maximum Gasteiger partial charge on any atom is 0.224 e. The number of carbonyl (C=O) groups is 1. The fourth-order valence-electron chi connectivity index (χ4n) is 2.28. The zero-order chi connectivity index (χ0) is 14.8. The van der Waals surface area contributed by atoms with E-state index in [2.05, 4.69) is 12.2 Å². The molecule has 0 aromatic heterocycles. The van der Waals surface area contributed by atoms with Crippen LogP contribution in [0.3, 0.4) is 0 Å². The van der Waals surface area contributed by atoms with Gasteiger partial charge in [0.05, 0.1) is 0 Å². The number of amides is 1. The van der Waals surface area contributed by atoms with Crippen LogP contribution in [0.5, 0.6) is 0 Å². The predicted molar refractivity (Wildman–Crippen MR) is 86.8 cm³/mol. The Morgan fingerprint density at radius 1 is 1.10 bits per heavy atom. The largest absolute Gasteiger partial charge is 0.399 e. The first-order chi connectivity index (χ1) is 9.63. The zero-order valence-electron chi connectivity index (χ0n) is 12.9. The Balaban J connectivity index is 2.17. The highest BCUT2D eigenvalue weighted by molar-refractivity contribution is 5.91. The van der Waals surface area contributed by atoms with Crippen LogP contribution in [-0.4, -0.2) is 5.91 Å². The van der Waals surface area contributed by atoms with Crippen molar-refractivity contribution in [1.29, 1.82) is 0 Å². The van der Waals surface area contributed by atoms with Crippen LogP contribution in [0.4, 0.5) is 11.4 Å². The van der Waals surface area contributed by atoms with Gasteiger partial charge in [-0.1, -0.05) is 45.4 Å². The van der Waals surface area contributed by atoms with Crippen molar-refractivity contribution >= 4 is 17.3 Å². The normalized spacial score (nSPS) is 10.5. The summed E-state index contributed by atoms with van der Waals surface area (Å²) in [4.78, 5) is 11.8. The first-order valence-electron chi connectivity index (χ1n) is 7.79. The summed E-state index contributed by atoms with van der Waals surface area (Å²) in [6.07, 6.45) is 9.22. The molecule has 0 spiro atoms. The molecule has 0 aliphatic carbocycles. The third-order valence-electron chi connectivity index (χ3n) is 3.53. The maximum atomic E-state index is 11.8. The molecule has 0 fully saturated rings. The van der Waals surface area contributed by atoms with Gasteiger partial charge in [0.25, 0.3) is 0 Å². The van der Waals surface area contributed by atoms with E-state index in [0.29, 0.717) is 6.42 Å². The van der Waals surface area contributed by atoms with E-state index >= 15 is 0 Å². The summed E-state index contributed by atoms with van der Waals surface area (Å²) in [5, 5.41) is 2.95. The molecule has 3 heteroatoms. The van der Waals surface area contributed by atoms with Gasteiger partial charge < -0.3 is 11.1 Å². The SMILES string of the molecule is CCCCCCCCCC(=O)Nc1ccc(N)cc1C. The van der Waals surface area contributed by atoms with Crippen LogP contribution in [0.25, 0.3) is 0 Å². The Hall–Kier alpha value is -1.51. The molecular formula is C17H28N2O. The van der Waals surface area contributed by atoms with Crippen molar-refractivity contribution < 1.29 is 4.79 Å². The highest BCUT2D eigenvalue weighted by Gasteiger charge is 2.04. The van der Waals surface area contributed by atoms with E-state index in [1.807, 2.05) is 25.1 Å². The average molecular weight is 276 g/mol. The third kappa shape index (κ3) is 6.60. The van der Waals surface area contributed by atoms with Crippen molar-refractivity contribution in [2.75, 3.05) is 11.1 Å². The number of nitrogens with two attached hydrogens (primary N) is 1. The Morgan fingerprint density at radius 3 is 2.40 bits per heavy atom. The van der Waals surface area contributed by atoms with Crippen LogP contribution in [0.15, 0.2) is 18.2 Å². The quantitative estimate of drug-likeness (QED) is 0.509. The number of unbranched alkanes of at least 4 members (excludes halogenated alkanes) is 6. The molecule has 1 aromatic carbocycles. The molecule has 1 amide bonds. The topological polar surface area (TPSA) is 55.1 Å². The molecule has 0 heterocycles. The van der Waals surface area contributed by atoms with E-state index in [-0.39, 0.29) is 5.91 Å². The van der Waals surface area contributed by atoms with Crippen LogP contribution in [-0.2, 0) is 4.79 Å². The average Bonchev–Trinajstić information content (AvgIpc) is 2.41. The first-order valence-corrected chi connectivity index (χ1v) is 7.79. The number of hydrogen-bond donors (Lipinski definition) is 2. The van der Waals surface area contributed by atoms with Crippen LogP contribution in [0, 0.1) is 6.92 Å². The second-order valence-corrected chi connectivity index (χ2v) is 5.49. The Labute approximate surface area is 122 Å². The van der Waals surface area contributed by atoms with Crippen molar-refractivity contribution in [3.05, 3.63) is 23.8 Å². The monoisotopic (exact) mass is 276 g/mol. The van der Waals surface area contributed by atoms with Gasteiger partial charge in [-0.15, -0.1) is 0 Å². The minimum atomic E-state index is 0.103. The third-order valence-corrected chi connectivity index (χ3v) is 3.53. The summed E-state index contributed by atoms with van der Waals surface area (Å²) < 4.78 is 0. The second-order valence-electron chi connectivity index (χ2n) is 5.49. The van der Waals surface area contributed by atoms with Gasteiger partial charge >= 0.3 is 0 Å². The molecule has 0 atom stereocenters. The minimum absolute atomic E-state index is 0.103. The molecule has 0 bridgehead atoms. The van der Waals surface area contributed by atoms with E-state index in [9.17, 15) is 4.79 Å². The van der Waals surface area contributed by atoms with Crippen molar-refractivity contribution in [2.45, 2.75) is 65.2 Å². The lowest BCUT2D eigenvalue weighted by Gasteiger charge is -2.09. The lowest BCUT2D eigenvalue weighted by Crippen LogP contribution is -2.12. The molecule has 1 rings (SSSR count). The standard InChI is InChI=1S/C17H28N2O/c1-3-4-5-6-7-8-9-10-17(20)19-16-12-11-15(18)13-14(16)2/h11-13H,3-10,18H2,1-2H3,(H,19,20). The summed E-state index contributed by atoms with van der Waals surface area (Å²) in [5.74, 6) is 0.103. The van der Waals surface area contributed by atoms with Gasteiger partial charge in [0.15, 0.2) is 0 Å². The van der Waals surface area contributed by atoms with Crippen LogP contribution < -0.4 is 11.1 Å². The molecule has 3 N–H and O–H groups in total. The number of nitrogens with one attached hydrogen (secondary N) is 1. The molecule has 0 saturated carbocycles. The number of aryl methyl sites for hydroxylation is 1. The Kier molecular flexibility index (Phi) is 7.78. The van der Waals surface area contributed by atoms with Crippen molar-refractivity contribution in [2.24, 2.45) is 0 Å². The number of anilines is 2. The fourth-order valence-corrected chi connectivity index (χ4v) is 2.28. The number of nitrogen functional groups attached to an aromatic ring is 1. The highest BCUT2D eigenvalue weighted by Crippen LogP contribution is 2.18. The van der Waals surface area contributed by atoms with Gasteiger partial charge in [-0.25, -0.2) is 0 Å². The molecule has 0 unspecified atom stereocenters. The molecule has 112 valence electrons. The second kappa shape index (κ2) is 9.40. The van der Waals surface area contributed by atoms with Gasteiger partial charge in [0, 0.05) is 17.8 Å². The summed E-state index contributed by atoms with van der Waals surface area (Å²) in [5.41, 5.74) is 8.30. The van der Waals surface area contributed by atoms with E-state index < -0.39 is 0 Å². The van der Waals surface area contributed by atoms with E-state index in [0.717, 1.165) is 29.8 Å². The van der Waals surface area contributed by atoms with Crippen LogP contribution in [0.1, 0.15) is 63.9 Å². The summed E-state index contributed by atoms with van der Waals surface area (Å²) >= 11 is 0. The molecule has 0 radical (unpaired) electrons. The van der Waals surface area contributed by atoms with Crippen molar-refractivity contribution in [3.63, 3.8) is 0 Å². The lowest BCUT2D eigenvalue weighted by molar-refractivity contribution is -0.116. The van der Waals surface area contributed by atoms with E-state index in [4.69, 9.17) is 5.73 Å². The van der Waals surface area contributed by atoms with Crippen LogP contribution in [0.2, 0.25) is 0 Å². The number of hydrogen-bond acceptors (Lipinski definition) is 2. The summed E-state index contributed by atoms with van der Waals surface area (Å²) in [7, 11) is 0. The van der Waals surface area contributed by atoms with Gasteiger partial charge in [-0.05, 0) is 37.1 Å². The molecule has 0 aliphatic heterocycles. The lowest BCUT2D eigenvalue weighted by atomic mass is 10.1. The molecule has 1 aromatic rings. The Morgan fingerprint density at radius 2 is 1.75 bits per heavy atom. The van der Waals surface area contributed by atoms with Crippen molar-refractivity contribution in [1.82, 2.24) is 0 Å². The number of benzene rings is 1. The highest BCUT2D eigenvalue weighted by atomic mass is 16.1. The van der Waals surface area contributed by atoms with E-state index in [1.165, 1.54) is 32.1 Å². The zero-order valence-corrected chi connectivity index (χ0v) is 12.9. The molecule has 0 aliphatic rings. The van der Waals surface area contributed by atoms with Gasteiger partial charge in [-0.2, -0.15) is 0 Å². The van der Waals surface area contributed by atoms with Crippen LogP contribution >= 0.6 is 0 Å². The number of carbonyl (C=O) groups excluding carboxylic acids is 1. The minimum Gasteiger partial charge on any atom is -0.399 e. The van der Waals surface area contributed by atoms with Crippen molar-refractivity contribution in [3.8, 4) is 0 Å². The Bertz CT molecular complexity index is 415. The smallest absolute Gasteiger partial charge is 0.224 e.